The Morgan fingerprint density at radius 3 is 1.09 bits per heavy atom. The van der Waals surface area contributed by atoms with Crippen LogP contribution in [0.1, 0.15) is 213 Å². The lowest BCUT2D eigenvalue weighted by molar-refractivity contribution is -0.161. The minimum Gasteiger partial charge on any atom is -0.462 e. The minimum atomic E-state index is -4.73. The van der Waals surface area contributed by atoms with Crippen LogP contribution in [0, 0.1) is 0 Å². The van der Waals surface area contributed by atoms with Crippen LogP contribution in [0.4, 0.5) is 0 Å². The Balaban J connectivity index is 3.72. The molecule has 8 nitrogen and oxygen atoms in total. The highest BCUT2D eigenvalue weighted by Crippen LogP contribution is 2.36. The summed E-state index contributed by atoms with van der Waals surface area (Å²) in [6.45, 7) is 3.64. The zero-order chi connectivity index (χ0) is 34.7. The number of phosphoric ester groups is 1. The van der Waals surface area contributed by atoms with E-state index in [1.165, 1.54) is 141 Å². The lowest BCUT2D eigenvalue weighted by atomic mass is 10.0. The van der Waals surface area contributed by atoms with Crippen LogP contribution >= 0.6 is 7.82 Å². The van der Waals surface area contributed by atoms with Gasteiger partial charge in [0.1, 0.15) is 6.61 Å². The van der Waals surface area contributed by atoms with Gasteiger partial charge in [0.25, 0.3) is 0 Å². The van der Waals surface area contributed by atoms with Crippen molar-refractivity contribution in [3.05, 3.63) is 0 Å². The average molecular weight is 691 g/mol. The molecule has 0 aromatic heterocycles. The number of carbonyl (C=O) groups excluding carboxylic acids is 2. The smallest absolute Gasteiger partial charge is 0.462 e. The number of carbonyl (C=O) groups is 2. The summed E-state index contributed by atoms with van der Waals surface area (Å²) in [5.41, 5.74) is 0. The Morgan fingerprint density at radius 1 is 0.468 bits per heavy atom. The summed E-state index contributed by atoms with van der Waals surface area (Å²) in [7, 11) is -4.73. The van der Waals surface area contributed by atoms with E-state index in [0.29, 0.717) is 6.42 Å². The van der Waals surface area contributed by atoms with Crippen LogP contribution in [0.5, 0.6) is 0 Å². The zero-order valence-electron chi connectivity index (χ0n) is 30.7. The molecule has 0 spiro atoms. The van der Waals surface area contributed by atoms with E-state index in [9.17, 15) is 14.2 Å². The molecule has 0 aliphatic rings. The van der Waals surface area contributed by atoms with Crippen molar-refractivity contribution in [1.82, 2.24) is 0 Å². The fourth-order valence-corrected chi connectivity index (χ4v) is 6.26. The Morgan fingerprint density at radius 2 is 0.766 bits per heavy atom. The normalized spacial score (nSPS) is 12.3. The first kappa shape index (κ1) is 46.0. The van der Waals surface area contributed by atoms with Crippen molar-refractivity contribution < 1.29 is 37.9 Å². The van der Waals surface area contributed by atoms with Crippen molar-refractivity contribution in [2.75, 3.05) is 13.2 Å². The SMILES string of the molecule is CCCCCCCCCCCCCCCCCCCCCCCCC(=O)OC[C@H](COP(=O)(O)O)OC(=O)CCCCCCCCC. The van der Waals surface area contributed by atoms with Crippen molar-refractivity contribution >= 4 is 19.8 Å². The standard InChI is InChI=1S/C38H75O8P/c1-3-5-7-9-11-12-13-14-15-16-17-18-19-20-21-22-23-24-25-27-28-30-32-37(39)44-34-36(35-45-47(41,42)43)46-38(40)33-31-29-26-10-8-6-4-2/h36H,3-35H2,1-2H3,(H2,41,42,43)/t36-/m1/s1. The molecule has 0 heterocycles. The first-order valence-corrected chi connectivity index (χ1v) is 21.4. The number of rotatable bonds is 37. The van der Waals surface area contributed by atoms with Crippen LogP contribution in [0.15, 0.2) is 0 Å². The lowest BCUT2D eigenvalue weighted by Gasteiger charge is -2.18. The molecule has 0 radical (unpaired) electrons. The maximum atomic E-state index is 12.2. The van der Waals surface area contributed by atoms with Crippen LogP contribution in [0.2, 0.25) is 0 Å². The van der Waals surface area contributed by atoms with E-state index in [-0.39, 0.29) is 19.4 Å². The quantitative estimate of drug-likeness (QED) is 0.0375. The molecular weight excluding hydrogens is 615 g/mol. The summed E-state index contributed by atoms with van der Waals surface area (Å²) >= 11 is 0. The summed E-state index contributed by atoms with van der Waals surface area (Å²) in [5.74, 6) is -0.879. The second-order valence-electron chi connectivity index (χ2n) is 13.6. The molecule has 0 amide bonds. The number of unbranched alkanes of at least 4 members (excludes halogenated alkanes) is 27. The molecular formula is C38H75O8P. The van der Waals surface area contributed by atoms with E-state index in [1.54, 1.807) is 0 Å². The Kier molecular flexibility index (Phi) is 34.2. The molecule has 47 heavy (non-hydrogen) atoms. The van der Waals surface area contributed by atoms with Crippen LogP contribution in [0.3, 0.4) is 0 Å². The van der Waals surface area contributed by atoms with Gasteiger partial charge in [0.2, 0.25) is 0 Å². The van der Waals surface area contributed by atoms with Crippen molar-refractivity contribution in [3.8, 4) is 0 Å². The molecule has 280 valence electrons. The van der Waals surface area contributed by atoms with Gasteiger partial charge in [0, 0.05) is 12.8 Å². The van der Waals surface area contributed by atoms with Crippen molar-refractivity contribution in [2.45, 2.75) is 219 Å². The molecule has 0 aliphatic heterocycles. The van der Waals surface area contributed by atoms with Gasteiger partial charge in [-0.25, -0.2) is 4.57 Å². The monoisotopic (exact) mass is 691 g/mol. The fraction of sp³-hybridized carbons (Fsp3) is 0.947. The number of hydrogen-bond acceptors (Lipinski definition) is 6. The van der Waals surface area contributed by atoms with Gasteiger partial charge in [-0.05, 0) is 12.8 Å². The Labute approximate surface area is 289 Å². The first-order chi connectivity index (χ1) is 22.8. The predicted octanol–water partition coefficient (Wildman–Crippen LogP) is 11.7. The highest BCUT2D eigenvalue weighted by Gasteiger charge is 2.22. The third kappa shape index (κ3) is 37.7. The van der Waals surface area contributed by atoms with E-state index in [4.69, 9.17) is 19.3 Å². The third-order valence-corrected chi connectivity index (χ3v) is 9.36. The van der Waals surface area contributed by atoms with E-state index >= 15 is 0 Å². The highest BCUT2D eigenvalue weighted by atomic mass is 31.2. The molecule has 0 rings (SSSR count). The fourth-order valence-electron chi connectivity index (χ4n) is 5.90. The van der Waals surface area contributed by atoms with Crippen molar-refractivity contribution in [1.29, 1.82) is 0 Å². The summed E-state index contributed by atoms with van der Waals surface area (Å²) in [5, 5.41) is 0. The van der Waals surface area contributed by atoms with E-state index in [0.717, 1.165) is 38.5 Å². The Hall–Kier alpha value is -0.950. The minimum absolute atomic E-state index is 0.216. The summed E-state index contributed by atoms with van der Waals surface area (Å²) in [6.07, 6.45) is 35.8. The van der Waals surface area contributed by atoms with Crippen LogP contribution in [-0.4, -0.2) is 41.0 Å². The number of phosphoric acid groups is 1. The zero-order valence-corrected chi connectivity index (χ0v) is 31.6. The summed E-state index contributed by atoms with van der Waals surface area (Å²) in [4.78, 5) is 42.5. The number of esters is 2. The summed E-state index contributed by atoms with van der Waals surface area (Å²) in [6, 6.07) is 0. The van der Waals surface area contributed by atoms with Crippen LogP contribution < -0.4 is 0 Å². The second kappa shape index (κ2) is 34.9. The van der Waals surface area contributed by atoms with Gasteiger partial charge in [-0.3, -0.25) is 14.1 Å². The largest absolute Gasteiger partial charge is 0.469 e. The molecule has 0 saturated carbocycles. The lowest BCUT2D eigenvalue weighted by Crippen LogP contribution is -2.29. The predicted molar refractivity (Wildman–Crippen MR) is 193 cm³/mol. The first-order valence-electron chi connectivity index (χ1n) is 19.8. The molecule has 1 atom stereocenters. The van der Waals surface area contributed by atoms with Gasteiger partial charge in [0.15, 0.2) is 6.10 Å². The van der Waals surface area contributed by atoms with Gasteiger partial charge in [-0.2, -0.15) is 0 Å². The van der Waals surface area contributed by atoms with Crippen LogP contribution in [0.25, 0.3) is 0 Å². The number of hydrogen-bond donors (Lipinski definition) is 2. The van der Waals surface area contributed by atoms with Gasteiger partial charge in [-0.15, -0.1) is 0 Å². The van der Waals surface area contributed by atoms with Gasteiger partial charge >= 0.3 is 19.8 Å². The molecule has 0 saturated heterocycles. The molecule has 0 aliphatic carbocycles. The molecule has 9 heteroatoms. The maximum absolute atomic E-state index is 12.2. The average Bonchev–Trinajstić information content (AvgIpc) is 3.03. The molecule has 0 unspecified atom stereocenters. The van der Waals surface area contributed by atoms with Crippen molar-refractivity contribution in [2.24, 2.45) is 0 Å². The molecule has 2 N–H and O–H groups in total. The topological polar surface area (TPSA) is 119 Å². The highest BCUT2D eigenvalue weighted by molar-refractivity contribution is 7.46. The van der Waals surface area contributed by atoms with E-state index in [1.807, 2.05) is 0 Å². The van der Waals surface area contributed by atoms with Crippen LogP contribution in [-0.2, 0) is 28.2 Å². The van der Waals surface area contributed by atoms with E-state index < -0.39 is 32.5 Å². The van der Waals surface area contributed by atoms with Gasteiger partial charge in [-0.1, -0.05) is 187 Å². The molecule has 0 fully saturated rings. The van der Waals surface area contributed by atoms with Crippen molar-refractivity contribution in [3.63, 3.8) is 0 Å². The third-order valence-electron chi connectivity index (χ3n) is 8.88. The maximum Gasteiger partial charge on any atom is 0.469 e. The van der Waals surface area contributed by atoms with Gasteiger partial charge in [0.05, 0.1) is 6.61 Å². The van der Waals surface area contributed by atoms with E-state index in [2.05, 4.69) is 18.4 Å². The second-order valence-corrected chi connectivity index (χ2v) is 14.9. The number of ether oxygens (including phenoxy) is 2. The Bertz CT molecular complexity index is 741. The molecule has 0 aromatic rings. The molecule has 0 aromatic carbocycles. The van der Waals surface area contributed by atoms with Gasteiger partial charge < -0.3 is 19.3 Å². The summed E-state index contributed by atoms with van der Waals surface area (Å²) < 4.78 is 26.2. The molecule has 0 bridgehead atoms.